The normalized spacial score (nSPS) is 19.5. The summed E-state index contributed by atoms with van der Waals surface area (Å²) < 4.78 is 22.0. The van der Waals surface area contributed by atoms with Crippen molar-refractivity contribution >= 4 is 0 Å². The lowest BCUT2D eigenvalue weighted by Gasteiger charge is -2.32. The van der Waals surface area contributed by atoms with Crippen molar-refractivity contribution in [1.82, 2.24) is 0 Å². The standard InChI is InChI=1S/C18H20O5/c1-20-12-6-4-5-11(7-12)18-15(19)10-14-16(22-3)8-13(21-2)9-17(14)23-18/h4-9,15,18-19H,10H2,1-3H3/t15-,18-/m1/s1. The summed E-state index contributed by atoms with van der Waals surface area (Å²) in [5.41, 5.74) is 1.71. The lowest BCUT2D eigenvalue weighted by atomic mass is 9.94. The fourth-order valence-electron chi connectivity index (χ4n) is 2.84. The number of benzene rings is 2. The molecule has 1 aliphatic heterocycles. The highest BCUT2D eigenvalue weighted by molar-refractivity contribution is 5.52. The molecule has 3 rings (SSSR count). The molecule has 5 heteroatoms. The van der Waals surface area contributed by atoms with Crippen molar-refractivity contribution in [3.63, 3.8) is 0 Å². The molecule has 0 aromatic heterocycles. The molecule has 0 unspecified atom stereocenters. The van der Waals surface area contributed by atoms with Crippen LogP contribution in [0.3, 0.4) is 0 Å². The van der Waals surface area contributed by atoms with E-state index in [0.29, 0.717) is 23.7 Å². The highest BCUT2D eigenvalue weighted by Gasteiger charge is 2.32. The first-order valence-corrected chi connectivity index (χ1v) is 7.40. The van der Waals surface area contributed by atoms with Crippen molar-refractivity contribution in [1.29, 1.82) is 0 Å². The van der Waals surface area contributed by atoms with E-state index in [-0.39, 0.29) is 0 Å². The number of fused-ring (bicyclic) bond motifs is 1. The second kappa shape index (κ2) is 6.38. The zero-order valence-corrected chi connectivity index (χ0v) is 13.4. The summed E-state index contributed by atoms with van der Waals surface area (Å²) in [6.07, 6.45) is -0.684. The van der Waals surface area contributed by atoms with Gasteiger partial charge in [0.25, 0.3) is 0 Å². The first-order valence-electron chi connectivity index (χ1n) is 7.40. The molecule has 2 aromatic rings. The molecule has 2 aromatic carbocycles. The van der Waals surface area contributed by atoms with E-state index < -0.39 is 12.2 Å². The topological polar surface area (TPSA) is 57.2 Å². The number of aliphatic hydroxyl groups excluding tert-OH is 1. The third-order valence-corrected chi connectivity index (χ3v) is 4.04. The molecule has 1 heterocycles. The minimum atomic E-state index is -0.670. The summed E-state index contributed by atoms with van der Waals surface area (Å²) in [4.78, 5) is 0. The molecule has 23 heavy (non-hydrogen) atoms. The van der Waals surface area contributed by atoms with Gasteiger partial charge < -0.3 is 24.1 Å². The number of aliphatic hydroxyl groups is 1. The second-order valence-corrected chi connectivity index (χ2v) is 5.39. The molecule has 0 aliphatic carbocycles. The van der Waals surface area contributed by atoms with Gasteiger partial charge >= 0.3 is 0 Å². The van der Waals surface area contributed by atoms with E-state index in [0.717, 1.165) is 16.9 Å². The van der Waals surface area contributed by atoms with Crippen LogP contribution >= 0.6 is 0 Å². The van der Waals surface area contributed by atoms with Crippen LogP contribution in [-0.2, 0) is 6.42 Å². The highest BCUT2D eigenvalue weighted by atomic mass is 16.5. The lowest BCUT2D eigenvalue weighted by molar-refractivity contribution is 0.0197. The predicted octanol–water partition coefficient (Wildman–Crippen LogP) is 2.75. The molecule has 0 spiro atoms. The third-order valence-electron chi connectivity index (χ3n) is 4.04. The second-order valence-electron chi connectivity index (χ2n) is 5.39. The summed E-state index contributed by atoms with van der Waals surface area (Å²) in [5, 5.41) is 10.5. The van der Waals surface area contributed by atoms with Crippen molar-refractivity contribution in [2.75, 3.05) is 21.3 Å². The van der Waals surface area contributed by atoms with Gasteiger partial charge in [0.15, 0.2) is 0 Å². The maximum absolute atomic E-state index is 10.5. The van der Waals surface area contributed by atoms with Crippen molar-refractivity contribution in [3.05, 3.63) is 47.5 Å². The molecular formula is C18H20O5. The molecule has 5 nitrogen and oxygen atoms in total. The van der Waals surface area contributed by atoms with Gasteiger partial charge in [-0.15, -0.1) is 0 Å². The number of hydrogen-bond acceptors (Lipinski definition) is 5. The summed E-state index contributed by atoms with van der Waals surface area (Å²) in [7, 11) is 4.80. The van der Waals surface area contributed by atoms with E-state index in [4.69, 9.17) is 18.9 Å². The van der Waals surface area contributed by atoms with E-state index in [1.807, 2.05) is 30.3 Å². The predicted molar refractivity (Wildman–Crippen MR) is 85.6 cm³/mol. The van der Waals surface area contributed by atoms with Crippen LogP contribution in [0.4, 0.5) is 0 Å². The van der Waals surface area contributed by atoms with E-state index in [9.17, 15) is 5.11 Å². The van der Waals surface area contributed by atoms with Gasteiger partial charge in [0.2, 0.25) is 0 Å². The molecular weight excluding hydrogens is 296 g/mol. The molecule has 2 atom stereocenters. The van der Waals surface area contributed by atoms with Crippen LogP contribution in [0.25, 0.3) is 0 Å². The fourth-order valence-corrected chi connectivity index (χ4v) is 2.84. The fraction of sp³-hybridized carbons (Fsp3) is 0.333. The quantitative estimate of drug-likeness (QED) is 0.940. The Morgan fingerprint density at radius 1 is 1.00 bits per heavy atom. The SMILES string of the molecule is COc1cccc([C@H]2Oc3cc(OC)cc(OC)c3C[C@H]2O)c1. The number of methoxy groups -OCH3 is 3. The first kappa shape index (κ1) is 15.5. The molecule has 0 saturated carbocycles. The van der Waals surface area contributed by atoms with Gasteiger partial charge in [-0.3, -0.25) is 0 Å². The molecule has 0 bridgehead atoms. The third kappa shape index (κ3) is 2.92. The Bertz CT molecular complexity index is 698. The van der Waals surface area contributed by atoms with Crippen molar-refractivity contribution in [2.24, 2.45) is 0 Å². The Labute approximate surface area is 135 Å². The first-order chi connectivity index (χ1) is 11.2. The van der Waals surface area contributed by atoms with Gasteiger partial charge in [0, 0.05) is 24.1 Å². The van der Waals surface area contributed by atoms with Crippen molar-refractivity contribution < 1.29 is 24.1 Å². The van der Waals surface area contributed by atoms with Crippen LogP contribution in [0.2, 0.25) is 0 Å². The van der Waals surface area contributed by atoms with Crippen LogP contribution < -0.4 is 18.9 Å². The minimum absolute atomic E-state index is 0.449. The van der Waals surface area contributed by atoms with Gasteiger partial charge in [-0.2, -0.15) is 0 Å². The van der Waals surface area contributed by atoms with E-state index >= 15 is 0 Å². The van der Waals surface area contributed by atoms with Crippen LogP contribution in [0.15, 0.2) is 36.4 Å². The number of rotatable bonds is 4. The summed E-state index contributed by atoms with van der Waals surface area (Å²) >= 11 is 0. The van der Waals surface area contributed by atoms with E-state index in [2.05, 4.69) is 0 Å². The summed E-state index contributed by atoms with van der Waals surface area (Å²) in [6, 6.07) is 11.1. The Balaban J connectivity index is 1.99. The van der Waals surface area contributed by atoms with Gasteiger partial charge in [-0.05, 0) is 17.7 Å². The largest absolute Gasteiger partial charge is 0.497 e. The van der Waals surface area contributed by atoms with Gasteiger partial charge in [0.05, 0.1) is 27.4 Å². The Kier molecular flexibility index (Phi) is 4.30. The lowest BCUT2D eigenvalue weighted by Crippen LogP contribution is -2.30. The Hall–Kier alpha value is -2.40. The average Bonchev–Trinajstić information content (AvgIpc) is 2.60. The van der Waals surface area contributed by atoms with E-state index in [1.54, 1.807) is 27.4 Å². The molecule has 0 fully saturated rings. The summed E-state index contributed by atoms with van der Waals surface area (Å²) in [6.45, 7) is 0. The Morgan fingerprint density at radius 2 is 1.78 bits per heavy atom. The highest BCUT2D eigenvalue weighted by Crippen LogP contribution is 2.42. The Morgan fingerprint density at radius 3 is 2.48 bits per heavy atom. The zero-order chi connectivity index (χ0) is 16.4. The minimum Gasteiger partial charge on any atom is -0.497 e. The molecule has 1 aliphatic rings. The maximum Gasteiger partial charge on any atom is 0.150 e. The van der Waals surface area contributed by atoms with Gasteiger partial charge in [0.1, 0.15) is 29.1 Å². The van der Waals surface area contributed by atoms with Crippen molar-refractivity contribution in [2.45, 2.75) is 18.6 Å². The van der Waals surface area contributed by atoms with Crippen LogP contribution in [-0.4, -0.2) is 32.5 Å². The molecule has 0 amide bonds. The van der Waals surface area contributed by atoms with Gasteiger partial charge in [-0.25, -0.2) is 0 Å². The van der Waals surface area contributed by atoms with Crippen LogP contribution in [0.5, 0.6) is 23.0 Å². The van der Waals surface area contributed by atoms with Crippen molar-refractivity contribution in [3.8, 4) is 23.0 Å². The molecule has 122 valence electrons. The molecule has 0 radical (unpaired) electrons. The van der Waals surface area contributed by atoms with Crippen LogP contribution in [0, 0.1) is 0 Å². The number of hydrogen-bond donors (Lipinski definition) is 1. The summed E-state index contributed by atoms with van der Waals surface area (Å²) in [5.74, 6) is 2.70. The number of ether oxygens (including phenoxy) is 4. The monoisotopic (exact) mass is 316 g/mol. The molecule has 0 saturated heterocycles. The zero-order valence-electron chi connectivity index (χ0n) is 13.4. The van der Waals surface area contributed by atoms with Gasteiger partial charge in [-0.1, -0.05) is 12.1 Å². The smallest absolute Gasteiger partial charge is 0.150 e. The molecule has 1 N–H and O–H groups in total. The van der Waals surface area contributed by atoms with Crippen LogP contribution in [0.1, 0.15) is 17.2 Å². The maximum atomic E-state index is 10.5. The van der Waals surface area contributed by atoms with E-state index in [1.165, 1.54) is 0 Å². The average molecular weight is 316 g/mol.